The molecule has 6 nitrogen and oxygen atoms in total. The molecule has 0 bridgehead atoms. The van der Waals surface area contributed by atoms with Gasteiger partial charge in [0.1, 0.15) is 6.04 Å². The molecule has 4 rings (SSSR count). The summed E-state index contributed by atoms with van der Waals surface area (Å²) < 4.78 is 0. The maximum atomic E-state index is 12.9. The number of H-pyrrole nitrogens is 1. The van der Waals surface area contributed by atoms with E-state index < -0.39 is 6.04 Å². The highest BCUT2D eigenvalue weighted by atomic mass is 16.2. The van der Waals surface area contributed by atoms with Crippen LogP contribution in [0.5, 0.6) is 0 Å². The zero-order valence-corrected chi connectivity index (χ0v) is 16.2. The summed E-state index contributed by atoms with van der Waals surface area (Å²) in [6, 6.07) is 8.82. The number of aromatic amines is 1. The maximum absolute atomic E-state index is 12.9. The van der Waals surface area contributed by atoms with E-state index in [1.165, 1.54) is 30.5 Å². The third-order valence-electron chi connectivity index (χ3n) is 5.91. The van der Waals surface area contributed by atoms with E-state index in [9.17, 15) is 9.59 Å². The number of amides is 2. The minimum Gasteiger partial charge on any atom is -0.349 e. The Morgan fingerprint density at radius 2 is 1.89 bits per heavy atom. The number of aromatic nitrogens is 2. The lowest BCUT2D eigenvalue weighted by atomic mass is 9.99. The number of nitrogens with zero attached hydrogens (tertiary/aromatic N) is 2. The second-order valence-electron chi connectivity index (χ2n) is 7.78. The van der Waals surface area contributed by atoms with Gasteiger partial charge in [-0.25, -0.2) is 0 Å². The lowest BCUT2D eigenvalue weighted by Gasteiger charge is -2.34. The van der Waals surface area contributed by atoms with Gasteiger partial charge in [0.2, 0.25) is 5.91 Å². The second kappa shape index (κ2) is 8.59. The Morgan fingerprint density at radius 3 is 2.75 bits per heavy atom. The zero-order valence-electron chi connectivity index (χ0n) is 16.2. The van der Waals surface area contributed by atoms with E-state index in [4.69, 9.17) is 0 Å². The normalized spacial score (nSPS) is 19.6. The first-order chi connectivity index (χ1) is 13.7. The first-order valence-electron chi connectivity index (χ1n) is 10.4. The number of likely N-dealkylation sites (tertiary alicyclic amines) is 1. The van der Waals surface area contributed by atoms with Gasteiger partial charge in [-0.2, -0.15) is 5.10 Å². The van der Waals surface area contributed by atoms with Crippen LogP contribution in [0.4, 0.5) is 0 Å². The minimum atomic E-state index is -0.404. The average Bonchev–Trinajstić information content (AvgIpc) is 2.98. The molecule has 2 heterocycles. The van der Waals surface area contributed by atoms with Gasteiger partial charge in [0.25, 0.3) is 5.91 Å². The van der Waals surface area contributed by atoms with Crippen LogP contribution >= 0.6 is 0 Å². The van der Waals surface area contributed by atoms with Crippen molar-refractivity contribution in [1.29, 1.82) is 0 Å². The topological polar surface area (TPSA) is 78.1 Å². The molecule has 1 fully saturated rings. The van der Waals surface area contributed by atoms with Crippen LogP contribution in [0.2, 0.25) is 0 Å². The Hall–Kier alpha value is -2.63. The third-order valence-corrected chi connectivity index (χ3v) is 5.91. The average molecular weight is 380 g/mol. The van der Waals surface area contributed by atoms with Gasteiger partial charge in [0.15, 0.2) is 0 Å². The highest BCUT2D eigenvalue weighted by molar-refractivity contribution is 5.97. The van der Waals surface area contributed by atoms with Crippen molar-refractivity contribution in [3.05, 3.63) is 52.8 Å². The van der Waals surface area contributed by atoms with Crippen LogP contribution in [0, 0.1) is 0 Å². The van der Waals surface area contributed by atoms with Crippen LogP contribution in [0.15, 0.2) is 30.3 Å². The van der Waals surface area contributed by atoms with E-state index in [2.05, 4.69) is 15.5 Å². The molecular weight excluding hydrogens is 352 g/mol. The molecule has 1 atom stereocenters. The summed E-state index contributed by atoms with van der Waals surface area (Å²) in [5.74, 6) is -0.136. The van der Waals surface area contributed by atoms with E-state index in [-0.39, 0.29) is 11.8 Å². The predicted octanol–water partition coefficient (Wildman–Crippen LogP) is 2.99. The van der Waals surface area contributed by atoms with Crippen molar-refractivity contribution in [2.24, 2.45) is 0 Å². The number of benzene rings is 1. The molecule has 1 unspecified atom stereocenters. The SMILES string of the molecule is O=C(NCc1n[nH]c2c1CCCCC2)C1CCCCN1C(=O)c1ccccc1. The van der Waals surface area contributed by atoms with Gasteiger partial charge in [-0.05, 0) is 62.6 Å². The number of fused-ring (bicyclic) bond motifs is 1. The fourth-order valence-electron chi connectivity index (χ4n) is 4.36. The molecule has 2 aromatic rings. The van der Waals surface area contributed by atoms with Crippen LogP contribution in [0.3, 0.4) is 0 Å². The molecule has 1 saturated heterocycles. The van der Waals surface area contributed by atoms with Crippen molar-refractivity contribution in [3.8, 4) is 0 Å². The van der Waals surface area contributed by atoms with Gasteiger partial charge in [-0.15, -0.1) is 0 Å². The minimum absolute atomic E-state index is 0.0610. The summed E-state index contributed by atoms with van der Waals surface area (Å²) in [5.41, 5.74) is 4.08. The largest absolute Gasteiger partial charge is 0.349 e. The van der Waals surface area contributed by atoms with Crippen LogP contribution in [0.25, 0.3) is 0 Å². The highest BCUT2D eigenvalue weighted by Crippen LogP contribution is 2.23. The maximum Gasteiger partial charge on any atom is 0.254 e. The van der Waals surface area contributed by atoms with Crippen molar-refractivity contribution in [1.82, 2.24) is 20.4 Å². The smallest absolute Gasteiger partial charge is 0.254 e. The number of piperidine rings is 1. The van der Waals surface area contributed by atoms with E-state index in [0.717, 1.165) is 31.4 Å². The molecule has 148 valence electrons. The first kappa shape index (κ1) is 18.7. The second-order valence-corrected chi connectivity index (χ2v) is 7.78. The molecule has 0 spiro atoms. The fourth-order valence-corrected chi connectivity index (χ4v) is 4.36. The van der Waals surface area contributed by atoms with Crippen molar-refractivity contribution in [2.75, 3.05) is 6.54 Å². The Morgan fingerprint density at radius 1 is 1.07 bits per heavy atom. The number of nitrogens with one attached hydrogen (secondary N) is 2. The van der Waals surface area contributed by atoms with Crippen LogP contribution in [-0.2, 0) is 24.2 Å². The number of aryl methyl sites for hydroxylation is 1. The lowest BCUT2D eigenvalue weighted by Crippen LogP contribution is -2.51. The zero-order chi connectivity index (χ0) is 19.3. The summed E-state index contributed by atoms with van der Waals surface area (Å²) in [5, 5.41) is 10.6. The standard InChI is InChI=1S/C22H28N4O2/c27-21(23-15-19-17-11-5-2-6-12-18(17)24-25-19)20-13-7-8-14-26(20)22(28)16-9-3-1-4-10-16/h1,3-4,9-10,20H,2,5-8,11-15H2,(H,23,27)(H,24,25). The quantitative estimate of drug-likeness (QED) is 0.801. The van der Waals surface area contributed by atoms with Gasteiger partial charge in [0, 0.05) is 17.8 Å². The van der Waals surface area contributed by atoms with Crippen LogP contribution < -0.4 is 5.32 Å². The van der Waals surface area contributed by atoms with Gasteiger partial charge >= 0.3 is 0 Å². The number of carbonyl (C=O) groups excluding carboxylic acids is 2. The van der Waals surface area contributed by atoms with Gasteiger partial charge in [-0.3, -0.25) is 14.7 Å². The van der Waals surface area contributed by atoms with Gasteiger partial charge < -0.3 is 10.2 Å². The summed E-state index contributed by atoms with van der Waals surface area (Å²) in [7, 11) is 0. The summed E-state index contributed by atoms with van der Waals surface area (Å²) in [4.78, 5) is 27.6. The van der Waals surface area contributed by atoms with Crippen molar-refractivity contribution in [3.63, 3.8) is 0 Å². The number of hydrogen-bond acceptors (Lipinski definition) is 3. The predicted molar refractivity (Wildman–Crippen MR) is 107 cm³/mol. The Kier molecular flexibility index (Phi) is 5.74. The van der Waals surface area contributed by atoms with Crippen molar-refractivity contribution in [2.45, 2.75) is 64.0 Å². The summed E-state index contributed by atoms with van der Waals surface area (Å²) in [6.07, 6.45) is 8.30. The summed E-state index contributed by atoms with van der Waals surface area (Å²) in [6.45, 7) is 1.05. The monoisotopic (exact) mass is 380 g/mol. The molecule has 28 heavy (non-hydrogen) atoms. The van der Waals surface area contributed by atoms with Crippen molar-refractivity contribution < 1.29 is 9.59 Å². The lowest BCUT2D eigenvalue weighted by molar-refractivity contribution is -0.126. The Balaban J connectivity index is 1.43. The summed E-state index contributed by atoms with van der Waals surface area (Å²) >= 11 is 0. The molecule has 2 amide bonds. The third kappa shape index (κ3) is 3.96. The number of rotatable bonds is 4. The van der Waals surface area contributed by atoms with E-state index in [0.29, 0.717) is 25.1 Å². The fraction of sp³-hybridized carbons (Fsp3) is 0.500. The molecule has 1 aromatic carbocycles. The molecule has 1 aliphatic heterocycles. The highest BCUT2D eigenvalue weighted by Gasteiger charge is 2.32. The van der Waals surface area contributed by atoms with E-state index >= 15 is 0 Å². The van der Waals surface area contributed by atoms with E-state index in [1.807, 2.05) is 30.3 Å². The van der Waals surface area contributed by atoms with Crippen LogP contribution in [-0.4, -0.2) is 39.5 Å². The molecule has 1 aromatic heterocycles. The number of hydrogen-bond donors (Lipinski definition) is 2. The molecule has 0 saturated carbocycles. The Labute approximate surface area is 165 Å². The molecule has 2 N–H and O–H groups in total. The molecule has 0 radical (unpaired) electrons. The number of carbonyl (C=O) groups is 2. The molecule has 1 aliphatic carbocycles. The van der Waals surface area contributed by atoms with Crippen LogP contribution in [0.1, 0.15) is 65.8 Å². The van der Waals surface area contributed by atoms with Crippen molar-refractivity contribution >= 4 is 11.8 Å². The molecular formula is C22H28N4O2. The molecule has 2 aliphatic rings. The van der Waals surface area contributed by atoms with E-state index in [1.54, 1.807) is 4.90 Å². The molecule has 6 heteroatoms. The Bertz CT molecular complexity index is 830. The van der Waals surface area contributed by atoms with Gasteiger partial charge in [-0.1, -0.05) is 24.6 Å². The first-order valence-corrected chi connectivity index (χ1v) is 10.4. The van der Waals surface area contributed by atoms with Gasteiger partial charge in [0.05, 0.1) is 12.2 Å².